The third-order valence-corrected chi connectivity index (χ3v) is 3.93. The van der Waals surface area contributed by atoms with E-state index in [0.29, 0.717) is 6.61 Å². The van der Waals surface area contributed by atoms with Gasteiger partial charge in [-0.2, -0.15) is 0 Å². The Hall–Kier alpha value is 0.0300. The fourth-order valence-corrected chi connectivity index (χ4v) is 2.66. The number of hydrogen-bond donors (Lipinski definition) is 2. The topological polar surface area (TPSA) is 85.2 Å². The second-order valence-electron chi connectivity index (χ2n) is 4.16. The normalized spacial score (nSPS) is 11.9. The van der Waals surface area contributed by atoms with Crippen molar-refractivity contribution in [2.24, 2.45) is 0 Å². The van der Waals surface area contributed by atoms with Crippen LogP contribution in [0.1, 0.15) is 45.4 Å². The molecular weight excluding hydrogens is 271 g/mol. The van der Waals surface area contributed by atoms with Gasteiger partial charge in [0, 0.05) is 0 Å². The summed E-state index contributed by atoms with van der Waals surface area (Å²) in [5.74, 6) is 0. The molecule has 0 saturated heterocycles. The van der Waals surface area contributed by atoms with Gasteiger partial charge in [0.15, 0.2) is 0 Å². The highest BCUT2D eigenvalue weighted by atomic mass is 31.2. The maximum Gasteiger partial charge on any atom is 0.474 e. The fraction of sp³-hybridized carbons (Fsp3) is 1.00. The van der Waals surface area contributed by atoms with Crippen molar-refractivity contribution in [1.82, 2.24) is 0 Å². The standard InChI is InChI=1S/C12H27O6P/c1-2-3-4-5-6-7-10-16-19(15,17-11-8-13)18-12-9-14/h13-14H,2-12H2,1H3. The van der Waals surface area contributed by atoms with Crippen molar-refractivity contribution in [1.29, 1.82) is 0 Å². The van der Waals surface area contributed by atoms with Crippen molar-refractivity contribution >= 4 is 7.82 Å². The highest BCUT2D eigenvalue weighted by Crippen LogP contribution is 2.49. The Balaban J connectivity index is 3.76. The Morgan fingerprint density at radius 3 is 1.79 bits per heavy atom. The smallest absolute Gasteiger partial charge is 0.394 e. The van der Waals surface area contributed by atoms with Crippen LogP contribution in [0.4, 0.5) is 0 Å². The summed E-state index contributed by atoms with van der Waals surface area (Å²) in [6, 6.07) is 0. The summed E-state index contributed by atoms with van der Waals surface area (Å²) in [5.41, 5.74) is 0. The van der Waals surface area contributed by atoms with Crippen LogP contribution < -0.4 is 0 Å². The number of unbranched alkanes of at least 4 members (excludes halogenated alkanes) is 5. The second kappa shape index (κ2) is 13.0. The molecule has 0 amide bonds. The SMILES string of the molecule is CCCCCCCCOP(=O)(OCCO)OCCO. The van der Waals surface area contributed by atoms with E-state index in [1.54, 1.807) is 0 Å². The number of aliphatic hydroxyl groups is 2. The molecule has 116 valence electrons. The minimum Gasteiger partial charge on any atom is -0.394 e. The lowest BCUT2D eigenvalue weighted by atomic mass is 10.1. The number of hydrogen-bond acceptors (Lipinski definition) is 6. The molecule has 6 nitrogen and oxygen atoms in total. The van der Waals surface area contributed by atoms with Crippen LogP contribution in [0.5, 0.6) is 0 Å². The Morgan fingerprint density at radius 1 is 0.789 bits per heavy atom. The second-order valence-corrected chi connectivity index (χ2v) is 5.83. The molecule has 0 saturated carbocycles. The van der Waals surface area contributed by atoms with Crippen LogP contribution in [-0.2, 0) is 18.1 Å². The lowest BCUT2D eigenvalue weighted by Crippen LogP contribution is -2.07. The first-order chi connectivity index (χ1) is 9.18. The minimum absolute atomic E-state index is 0.112. The number of rotatable bonds is 14. The molecule has 0 fully saturated rings. The van der Waals surface area contributed by atoms with E-state index in [-0.39, 0.29) is 26.4 Å². The average molecular weight is 298 g/mol. The highest BCUT2D eigenvalue weighted by Gasteiger charge is 2.25. The van der Waals surface area contributed by atoms with Gasteiger partial charge in [-0.05, 0) is 6.42 Å². The van der Waals surface area contributed by atoms with E-state index in [9.17, 15) is 4.57 Å². The van der Waals surface area contributed by atoms with Gasteiger partial charge in [0.1, 0.15) is 0 Å². The molecule has 2 N–H and O–H groups in total. The van der Waals surface area contributed by atoms with Gasteiger partial charge < -0.3 is 10.2 Å². The molecule has 0 atom stereocenters. The van der Waals surface area contributed by atoms with Crippen LogP contribution in [0.3, 0.4) is 0 Å². The van der Waals surface area contributed by atoms with E-state index in [4.69, 9.17) is 23.8 Å². The number of phosphoric acid groups is 1. The van der Waals surface area contributed by atoms with Crippen LogP contribution in [-0.4, -0.2) is 43.2 Å². The molecule has 0 aliphatic carbocycles. The summed E-state index contributed by atoms with van der Waals surface area (Å²) in [7, 11) is -3.63. The zero-order chi connectivity index (χ0) is 14.4. The summed E-state index contributed by atoms with van der Waals surface area (Å²) < 4.78 is 26.9. The Kier molecular flexibility index (Phi) is 13.1. The summed E-state index contributed by atoms with van der Waals surface area (Å²) in [6.45, 7) is 1.72. The largest absolute Gasteiger partial charge is 0.474 e. The van der Waals surface area contributed by atoms with Gasteiger partial charge in [0.2, 0.25) is 0 Å². The van der Waals surface area contributed by atoms with Crippen LogP contribution in [0, 0.1) is 0 Å². The summed E-state index contributed by atoms with van der Waals surface area (Å²) >= 11 is 0. The van der Waals surface area contributed by atoms with Gasteiger partial charge >= 0.3 is 7.82 Å². The first kappa shape index (κ1) is 19.0. The van der Waals surface area contributed by atoms with Crippen molar-refractivity contribution in [3.05, 3.63) is 0 Å². The lowest BCUT2D eigenvalue weighted by molar-refractivity contribution is 0.0824. The molecule has 0 aromatic rings. The lowest BCUT2D eigenvalue weighted by Gasteiger charge is -2.17. The summed E-state index contributed by atoms with van der Waals surface area (Å²) in [5, 5.41) is 17.3. The van der Waals surface area contributed by atoms with Gasteiger partial charge in [-0.15, -0.1) is 0 Å². The molecule has 0 aliphatic rings. The summed E-state index contributed by atoms with van der Waals surface area (Å²) in [6.07, 6.45) is 6.58. The molecule has 0 spiro atoms. The first-order valence-electron chi connectivity index (χ1n) is 6.94. The third kappa shape index (κ3) is 11.5. The van der Waals surface area contributed by atoms with Crippen molar-refractivity contribution in [3.8, 4) is 0 Å². The van der Waals surface area contributed by atoms with E-state index < -0.39 is 7.82 Å². The van der Waals surface area contributed by atoms with Crippen molar-refractivity contribution in [2.75, 3.05) is 33.0 Å². The third-order valence-electron chi connectivity index (χ3n) is 2.43. The van der Waals surface area contributed by atoms with E-state index in [1.165, 1.54) is 19.3 Å². The Labute approximate surface area is 115 Å². The van der Waals surface area contributed by atoms with Gasteiger partial charge in [0.05, 0.1) is 33.0 Å². The Bertz CT molecular complexity index is 224. The van der Waals surface area contributed by atoms with Crippen molar-refractivity contribution < 1.29 is 28.3 Å². The molecule has 0 aromatic carbocycles. The zero-order valence-electron chi connectivity index (χ0n) is 11.8. The Morgan fingerprint density at radius 2 is 1.26 bits per heavy atom. The van der Waals surface area contributed by atoms with Crippen LogP contribution in [0.25, 0.3) is 0 Å². The molecule has 0 unspecified atom stereocenters. The molecular formula is C12H27O6P. The van der Waals surface area contributed by atoms with E-state index in [0.717, 1.165) is 19.3 Å². The molecule has 19 heavy (non-hydrogen) atoms. The molecule has 0 heterocycles. The molecule has 0 aliphatic heterocycles. The molecule has 0 bridgehead atoms. The van der Waals surface area contributed by atoms with E-state index in [1.807, 2.05) is 0 Å². The zero-order valence-corrected chi connectivity index (χ0v) is 12.6. The van der Waals surface area contributed by atoms with Gasteiger partial charge in [-0.25, -0.2) is 4.57 Å². The quantitative estimate of drug-likeness (QED) is 0.378. The predicted molar refractivity (Wildman–Crippen MR) is 73.0 cm³/mol. The highest BCUT2D eigenvalue weighted by molar-refractivity contribution is 7.48. The van der Waals surface area contributed by atoms with Crippen LogP contribution in [0.2, 0.25) is 0 Å². The molecule has 7 heteroatoms. The van der Waals surface area contributed by atoms with Crippen molar-refractivity contribution in [3.63, 3.8) is 0 Å². The number of aliphatic hydroxyl groups excluding tert-OH is 2. The monoisotopic (exact) mass is 298 g/mol. The molecule has 0 rings (SSSR count). The molecule has 0 aromatic heterocycles. The van der Waals surface area contributed by atoms with Gasteiger partial charge in [-0.1, -0.05) is 39.0 Å². The maximum atomic E-state index is 12.0. The molecule has 0 radical (unpaired) electrons. The van der Waals surface area contributed by atoms with Crippen molar-refractivity contribution in [2.45, 2.75) is 45.4 Å². The van der Waals surface area contributed by atoms with E-state index in [2.05, 4.69) is 6.92 Å². The predicted octanol–water partition coefficient (Wildman–Crippen LogP) is 2.49. The van der Waals surface area contributed by atoms with Crippen LogP contribution >= 0.6 is 7.82 Å². The fourth-order valence-electron chi connectivity index (χ4n) is 1.48. The van der Waals surface area contributed by atoms with Gasteiger partial charge in [-0.3, -0.25) is 13.6 Å². The minimum atomic E-state index is -3.63. The van der Waals surface area contributed by atoms with E-state index >= 15 is 0 Å². The average Bonchev–Trinajstić information content (AvgIpc) is 2.42. The number of phosphoric ester groups is 1. The first-order valence-corrected chi connectivity index (χ1v) is 8.40. The maximum absolute atomic E-state index is 12.0. The summed E-state index contributed by atoms with van der Waals surface area (Å²) in [4.78, 5) is 0. The van der Waals surface area contributed by atoms with Crippen LogP contribution in [0.15, 0.2) is 0 Å². The van der Waals surface area contributed by atoms with Gasteiger partial charge in [0.25, 0.3) is 0 Å².